The summed E-state index contributed by atoms with van der Waals surface area (Å²) in [6, 6.07) is 0. The van der Waals surface area contributed by atoms with Crippen LogP contribution in [0.3, 0.4) is 0 Å². The molecule has 0 N–H and O–H groups in total. The van der Waals surface area contributed by atoms with Crippen molar-refractivity contribution in [2.75, 3.05) is 7.11 Å². The van der Waals surface area contributed by atoms with Crippen molar-refractivity contribution in [1.82, 2.24) is 0 Å². The molecule has 0 saturated heterocycles. The van der Waals surface area contributed by atoms with Gasteiger partial charge in [-0.25, -0.2) is 0 Å². The number of ether oxygens (including phenoxy) is 1. The predicted molar refractivity (Wildman–Crippen MR) is 57.4 cm³/mol. The molecule has 1 nitrogen and oxygen atoms in total. The van der Waals surface area contributed by atoms with Gasteiger partial charge >= 0.3 is 0 Å². The zero-order valence-corrected chi connectivity index (χ0v) is 9.42. The van der Waals surface area contributed by atoms with Crippen molar-refractivity contribution >= 4 is 17.3 Å². The van der Waals surface area contributed by atoms with Crippen LogP contribution < -0.4 is 0 Å². The van der Waals surface area contributed by atoms with E-state index in [1.807, 2.05) is 6.92 Å². The summed E-state index contributed by atoms with van der Waals surface area (Å²) in [5, 5.41) is 0.594. The third-order valence-electron chi connectivity index (χ3n) is 2.03. The van der Waals surface area contributed by atoms with Gasteiger partial charge in [-0.1, -0.05) is 26.8 Å². The minimum absolute atomic E-state index is 0.215. The number of rotatable bonds is 3. The van der Waals surface area contributed by atoms with Gasteiger partial charge in [-0.15, -0.1) is 0 Å². The molecule has 0 atom stereocenters. The maximum Gasteiger partial charge on any atom is 0.186 e. The monoisotopic (exact) mass is 186 g/mol. The van der Waals surface area contributed by atoms with E-state index in [1.54, 1.807) is 7.11 Å². The summed E-state index contributed by atoms with van der Waals surface area (Å²) in [5.41, 5.74) is 1.27. The standard InChI is InChI=1S/C10H18OS/c1-6-10(3,4)7-8(2)9(12)11-5/h7H,6H2,1-5H3/b8-7-. The molecule has 0 fully saturated rings. The fourth-order valence-corrected chi connectivity index (χ4v) is 0.967. The lowest BCUT2D eigenvalue weighted by atomic mass is 9.88. The molecule has 70 valence electrons. The molecule has 0 aliphatic rings. The van der Waals surface area contributed by atoms with Crippen molar-refractivity contribution in [2.24, 2.45) is 5.41 Å². The molecule has 0 radical (unpaired) electrons. The summed E-state index contributed by atoms with van der Waals surface area (Å²) >= 11 is 5.00. The third-order valence-corrected chi connectivity index (χ3v) is 2.51. The van der Waals surface area contributed by atoms with Gasteiger partial charge in [0.2, 0.25) is 0 Å². The highest BCUT2D eigenvalue weighted by atomic mass is 32.1. The van der Waals surface area contributed by atoms with Crippen LogP contribution in [0, 0.1) is 5.41 Å². The number of thiocarbonyl (C=S) groups is 1. The lowest BCUT2D eigenvalue weighted by Crippen LogP contribution is -2.09. The Morgan fingerprint density at radius 2 is 2.00 bits per heavy atom. The summed E-state index contributed by atoms with van der Waals surface area (Å²) in [6.07, 6.45) is 3.27. The average molecular weight is 186 g/mol. The molecule has 0 heterocycles. The molecule has 12 heavy (non-hydrogen) atoms. The Bertz CT molecular complexity index is 192. The van der Waals surface area contributed by atoms with Crippen molar-refractivity contribution in [2.45, 2.75) is 34.1 Å². The number of hydrogen-bond acceptors (Lipinski definition) is 2. The first-order chi connectivity index (χ1) is 5.43. The molecule has 0 aromatic rings. The van der Waals surface area contributed by atoms with E-state index in [2.05, 4.69) is 26.8 Å². The normalized spacial score (nSPS) is 12.9. The summed E-state index contributed by atoms with van der Waals surface area (Å²) in [5.74, 6) is 0. The van der Waals surface area contributed by atoms with Gasteiger partial charge in [-0.05, 0) is 36.6 Å². The summed E-state index contributed by atoms with van der Waals surface area (Å²) in [4.78, 5) is 0. The van der Waals surface area contributed by atoms with E-state index in [4.69, 9.17) is 17.0 Å². The predicted octanol–water partition coefficient (Wildman–Crippen LogP) is 3.34. The van der Waals surface area contributed by atoms with Gasteiger partial charge in [-0.2, -0.15) is 0 Å². The first-order valence-electron chi connectivity index (χ1n) is 4.20. The minimum atomic E-state index is 0.215. The average Bonchev–Trinajstić information content (AvgIpc) is 2.02. The molecule has 0 unspecified atom stereocenters. The minimum Gasteiger partial charge on any atom is -0.486 e. The Balaban J connectivity index is 4.45. The van der Waals surface area contributed by atoms with Crippen LogP contribution in [0.2, 0.25) is 0 Å². The Morgan fingerprint density at radius 3 is 2.33 bits per heavy atom. The fourth-order valence-electron chi connectivity index (χ4n) is 0.908. The summed E-state index contributed by atoms with van der Waals surface area (Å²) in [6.45, 7) is 8.53. The van der Waals surface area contributed by atoms with Gasteiger partial charge in [0.05, 0.1) is 7.11 Å². The fraction of sp³-hybridized carbons (Fsp3) is 0.700. The first kappa shape index (κ1) is 11.6. The van der Waals surface area contributed by atoms with Crippen molar-refractivity contribution < 1.29 is 4.74 Å². The Morgan fingerprint density at radius 1 is 1.50 bits per heavy atom. The molecular weight excluding hydrogens is 168 g/mol. The lowest BCUT2D eigenvalue weighted by Gasteiger charge is -2.18. The number of allylic oxidation sites excluding steroid dienone is 1. The van der Waals surface area contributed by atoms with Crippen molar-refractivity contribution in [3.8, 4) is 0 Å². The van der Waals surface area contributed by atoms with Gasteiger partial charge in [0, 0.05) is 0 Å². The first-order valence-corrected chi connectivity index (χ1v) is 4.61. The van der Waals surface area contributed by atoms with Crippen LogP contribution in [-0.2, 0) is 4.74 Å². The third kappa shape index (κ3) is 3.86. The molecule has 2 heteroatoms. The molecule has 0 aromatic carbocycles. The lowest BCUT2D eigenvalue weighted by molar-refractivity contribution is 0.411. The highest BCUT2D eigenvalue weighted by Crippen LogP contribution is 2.23. The van der Waals surface area contributed by atoms with E-state index in [9.17, 15) is 0 Å². The van der Waals surface area contributed by atoms with Gasteiger partial charge in [-0.3, -0.25) is 0 Å². The molecule has 0 bridgehead atoms. The van der Waals surface area contributed by atoms with E-state index in [0.29, 0.717) is 5.05 Å². The second kappa shape index (κ2) is 4.61. The molecule has 0 aliphatic carbocycles. The Hall–Kier alpha value is -0.370. The van der Waals surface area contributed by atoms with Crippen LogP contribution in [0.1, 0.15) is 34.1 Å². The Kier molecular flexibility index (Phi) is 4.46. The topological polar surface area (TPSA) is 9.23 Å². The van der Waals surface area contributed by atoms with Crippen LogP contribution in [0.4, 0.5) is 0 Å². The van der Waals surface area contributed by atoms with E-state index in [1.165, 1.54) is 0 Å². The van der Waals surface area contributed by atoms with Crippen molar-refractivity contribution in [1.29, 1.82) is 0 Å². The van der Waals surface area contributed by atoms with Crippen LogP contribution in [0.15, 0.2) is 11.6 Å². The molecule has 0 aliphatic heterocycles. The van der Waals surface area contributed by atoms with Crippen LogP contribution in [0.25, 0.3) is 0 Å². The van der Waals surface area contributed by atoms with E-state index < -0.39 is 0 Å². The van der Waals surface area contributed by atoms with Gasteiger partial charge in [0.15, 0.2) is 5.05 Å². The van der Waals surface area contributed by atoms with Crippen molar-refractivity contribution in [3.63, 3.8) is 0 Å². The SMILES string of the molecule is CCC(C)(C)/C=C(/C)C(=S)OC. The second-order valence-electron chi connectivity index (χ2n) is 3.66. The molecule has 0 rings (SSSR count). The van der Waals surface area contributed by atoms with E-state index in [-0.39, 0.29) is 5.41 Å². The van der Waals surface area contributed by atoms with Gasteiger partial charge in [0.25, 0.3) is 0 Å². The quantitative estimate of drug-likeness (QED) is 0.494. The van der Waals surface area contributed by atoms with Gasteiger partial charge in [0.1, 0.15) is 0 Å². The zero-order chi connectivity index (χ0) is 9.78. The van der Waals surface area contributed by atoms with Crippen LogP contribution in [0.5, 0.6) is 0 Å². The smallest absolute Gasteiger partial charge is 0.186 e. The zero-order valence-electron chi connectivity index (χ0n) is 8.60. The van der Waals surface area contributed by atoms with Crippen LogP contribution >= 0.6 is 12.2 Å². The largest absolute Gasteiger partial charge is 0.486 e. The molecule has 0 aromatic heterocycles. The molecular formula is C10H18OS. The highest BCUT2D eigenvalue weighted by molar-refractivity contribution is 7.80. The summed E-state index contributed by atoms with van der Waals surface area (Å²) < 4.78 is 4.97. The maximum atomic E-state index is 5.00. The highest BCUT2D eigenvalue weighted by Gasteiger charge is 2.12. The van der Waals surface area contributed by atoms with E-state index in [0.717, 1.165) is 12.0 Å². The van der Waals surface area contributed by atoms with E-state index >= 15 is 0 Å². The van der Waals surface area contributed by atoms with Crippen LogP contribution in [-0.4, -0.2) is 12.2 Å². The maximum absolute atomic E-state index is 5.00. The molecule has 0 spiro atoms. The second-order valence-corrected chi connectivity index (χ2v) is 4.03. The molecule has 0 saturated carbocycles. The van der Waals surface area contributed by atoms with Crippen molar-refractivity contribution in [3.05, 3.63) is 11.6 Å². The number of hydrogen-bond donors (Lipinski definition) is 0. The number of methoxy groups -OCH3 is 1. The van der Waals surface area contributed by atoms with Gasteiger partial charge < -0.3 is 4.74 Å². The molecule has 0 amide bonds. The Labute approximate surface area is 80.8 Å². The summed E-state index contributed by atoms with van der Waals surface area (Å²) in [7, 11) is 1.61.